The summed E-state index contributed by atoms with van der Waals surface area (Å²) < 4.78 is 56.8. The van der Waals surface area contributed by atoms with Crippen molar-refractivity contribution >= 4 is 17.5 Å². The van der Waals surface area contributed by atoms with Crippen LogP contribution in [-0.2, 0) is 6.18 Å². The molecular formula is C17H13ClF4N2O2. The Balaban J connectivity index is 1.66. The molecule has 26 heavy (non-hydrogen) atoms. The molecule has 0 spiro atoms. The Bertz CT molecular complexity index is 829. The van der Waals surface area contributed by atoms with Crippen molar-refractivity contribution < 1.29 is 27.1 Å². The average Bonchev–Trinajstić information content (AvgIpc) is 3.02. The summed E-state index contributed by atoms with van der Waals surface area (Å²) in [7, 11) is 0. The van der Waals surface area contributed by atoms with E-state index in [0.717, 1.165) is 30.5 Å². The largest absolute Gasteiger partial charge is 0.472 e. The molecular weight excluding hydrogens is 376 g/mol. The van der Waals surface area contributed by atoms with Gasteiger partial charge in [-0.15, -0.1) is 0 Å². The zero-order valence-corrected chi connectivity index (χ0v) is 14.0. The third kappa shape index (κ3) is 4.07. The van der Waals surface area contributed by atoms with Gasteiger partial charge < -0.3 is 9.64 Å². The van der Waals surface area contributed by atoms with Gasteiger partial charge in [0.25, 0.3) is 5.91 Å². The molecule has 3 rings (SSSR count). The summed E-state index contributed by atoms with van der Waals surface area (Å²) in [6, 6.07) is 5.15. The van der Waals surface area contributed by atoms with Crippen molar-refractivity contribution in [2.75, 3.05) is 13.1 Å². The minimum Gasteiger partial charge on any atom is -0.472 e. The van der Waals surface area contributed by atoms with Crippen molar-refractivity contribution in [3.63, 3.8) is 0 Å². The smallest absolute Gasteiger partial charge is 0.416 e. The van der Waals surface area contributed by atoms with Crippen LogP contribution in [0.15, 0.2) is 36.5 Å². The fraction of sp³-hybridized carbons (Fsp3) is 0.294. The van der Waals surface area contributed by atoms with E-state index in [4.69, 9.17) is 16.3 Å². The Morgan fingerprint density at radius 2 is 2.04 bits per heavy atom. The first-order valence-electron chi connectivity index (χ1n) is 7.68. The minimum absolute atomic E-state index is 0.00101. The van der Waals surface area contributed by atoms with Crippen LogP contribution in [0.1, 0.15) is 22.3 Å². The van der Waals surface area contributed by atoms with Gasteiger partial charge in [0.2, 0.25) is 5.88 Å². The van der Waals surface area contributed by atoms with E-state index in [0.29, 0.717) is 13.0 Å². The molecule has 1 saturated heterocycles. The van der Waals surface area contributed by atoms with E-state index in [1.807, 2.05) is 0 Å². The number of carbonyl (C=O) groups is 1. The highest BCUT2D eigenvalue weighted by Gasteiger charge is 2.32. The molecule has 0 bridgehead atoms. The number of halogens is 5. The van der Waals surface area contributed by atoms with Crippen molar-refractivity contribution in [1.29, 1.82) is 0 Å². The number of hydrogen-bond acceptors (Lipinski definition) is 3. The molecule has 4 nitrogen and oxygen atoms in total. The standard InChI is InChI=1S/C17H13ClF4N2O2/c18-14-8-11(19)1-2-13(14)16(25)24-6-4-12(9-24)26-15-7-10(3-5-23-15)17(20,21)22/h1-3,5,7-8,12H,4,6,9H2. The maximum atomic E-state index is 13.1. The summed E-state index contributed by atoms with van der Waals surface area (Å²) in [4.78, 5) is 17.7. The van der Waals surface area contributed by atoms with E-state index in [1.165, 1.54) is 11.0 Å². The average molecular weight is 389 g/mol. The molecule has 1 aromatic carbocycles. The molecule has 1 fully saturated rings. The Hall–Kier alpha value is -2.35. The first-order chi connectivity index (χ1) is 12.2. The number of alkyl halides is 3. The van der Waals surface area contributed by atoms with Gasteiger partial charge in [-0.2, -0.15) is 13.2 Å². The Kier molecular flexibility index (Phi) is 5.04. The van der Waals surface area contributed by atoms with Crippen LogP contribution in [0, 0.1) is 5.82 Å². The Labute approximate surface area is 151 Å². The maximum absolute atomic E-state index is 13.1. The van der Waals surface area contributed by atoms with E-state index in [2.05, 4.69) is 4.98 Å². The number of amides is 1. The molecule has 1 atom stereocenters. The third-order valence-corrected chi connectivity index (χ3v) is 4.26. The number of pyridine rings is 1. The normalized spacial score (nSPS) is 17.4. The second-order valence-electron chi connectivity index (χ2n) is 5.78. The van der Waals surface area contributed by atoms with Crippen molar-refractivity contribution in [2.45, 2.75) is 18.7 Å². The van der Waals surface area contributed by atoms with Gasteiger partial charge in [0, 0.05) is 25.2 Å². The van der Waals surface area contributed by atoms with Crippen molar-refractivity contribution in [3.05, 3.63) is 58.5 Å². The summed E-state index contributed by atoms with van der Waals surface area (Å²) in [5.41, 5.74) is -0.697. The molecule has 1 aliphatic rings. The van der Waals surface area contributed by atoms with E-state index < -0.39 is 29.6 Å². The molecule has 1 aliphatic heterocycles. The third-order valence-electron chi connectivity index (χ3n) is 3.94. The number of aromatic nitrogens is 1. The first-order valence-corrected chi connectivity index (χ1v) is 8.06. The van der Waals surface area contributed by atoms with Crippen molar-refractivity contribution in [1.82, 2.24) is 9.88 Å². The summed E-state index contributed by atoms with van der Waals surface area (Å²) >= 11 is 5.89. The van der Waals surface area contributed by atoms with E-state index in [-0.39, 0.29) is 23.0 Å². The molecule has 1 unspecified atom stereocenters. The Morgan fingerprint density at radius 1 is 1.27 bits per heavy atom. The lowest BCUT2D eigenvalue weighted by molar-refractivity contribution is -0.137. The van der Waals surface area contributed by atoms with Crippen LogP contribution in [0.25, 0.3) is 0 Å². The number of hydrogen-bond donors (Lipinski definition) is 0. The zero-order chi connectivity index (χ0) is 18.9. The molecule has 0 radical (unpaired) electrons. The van der Waals surface area contributed by atoms with Gasteiger partial charge in [0.1, 0.15) is 11.9 Å². The summed E-state index contributed by atoms with van der Waals surface area (Å²) in [6.07, 6.45) is -3.52. The quantitative estimate of drug-likeness (QED) is 0.741. The number of benzene rings is 1. The monoisotopic (exact) mass is 388 g/mol. The van der Waals surface area contributed by atoms with Gasteiger partial charge in [-0.3, -0.25) is 4.79 Å². The van der Waals surface area contributed by atoms with Crippen LogP contribution in [-0.4, -0.2) is 35.0 Å². The lowest BCUT2D eigenvalue weighted by atomic mass is 10.2. The molecule has 0 saturated carbocycles. The van der Waals surface area contributed by atoms with E-state index >= 15 is 0 Å². The predicted molar refractivity (Wildman–Crippen MR) is 85.6 cm³/mol. The van der Waals surface area contributed by atoms with Gasteiger partial charge in [-0.1, -0.05) is 11.6 Å². The van der Waals surface area contributed by atoms with Gasteiger partial charge in [0.15, 0.2) is 0 Å². The summed E-state index contributed by atoms with van der Waals surface area (Å²) in [6.45, 7) is 0.515. The van der Waals surface area contributed by atoms with Crippen LogP contribution >= 0.6 is 11.6 Å². The van der Waals surface area contributed by atoms with Gasteiger partial charge >= 0.3 is 6.18 Å². The molecule has 9 heteroatoms. The molecule has 1 amide bonds. The van der Waals surface area contributed by atoms with Crippen LogP contribution in [0.3, 0.4) is 0 Å². The highest BCUT2D eigenvalue weighted by atomic mass is 35.5. The van der Waals surface area contributed by atoms with Gasteiger partial charge in [0.05, 0.1) is 22.7 Å². The fourth-order valence-electron chi connectivity index (χ4n) is 2.66. The second kappa shape index (κ2) is 7.11. The summed E-state index contributed by atoms with van der Waals surface area (Å²) in [5, 5.41) is -0.00101. The van der Waals surface area contributed by atoms with Crippen molar-refractivity contribution in [2.24, 2.45) is 0 Å². The number of nitrogens with zero attached hydrogens (tertiary/aromatic N) is 2. The van der Waals surface area contributed by atoms with Crippen LogP contribution in [0.5, 0.6) is 5.88 Å². The molecule has 2 heterocycles. The topological polar surface area (TPSA) is 42.4 Å². The number of carbonyl (C=O) groups excluding carboxylic acids is 1. The van der Waals surface area contributed by atoms with E-state index in [1.54, 1.807) is 0 Å². The molecule has 0 aliphatic carbocycles. The predicted octanol–water partition coefficient (Wildman–Crippen LogP) is 4.19. The first kappa shape index (κ1) is 18.4. The van der Waals surface area contributed by atoms with Gasteiger partial charge in [-0.25, -0.2) is 9.37 Å². The lowest BCUT2D eigenvalue weighted by Crippen LogP contribution is -2.31. The second-order valence-corrected chi connectivity index (χ2v) is 6.19. The SMILES string of the molecule is O=C(c1ccc(F)cc1Cl)N1CCC(Oc2cc(C(F)(F)F)ccn2)C1. The zero-order valence-electron chi connectivity index (χ0n) is 13.3. The highest BCUT2D eigenvalue weighted by molar-refractivity contribution is 6.33. The number of likely N-dealkylation sites (tertiary alicyclic amines) is 1. The lowest BCUT2D eigenvalue weighted by Gasteiger charge is -2.18. The number of ether oxygens (including phenoxy) is 1. The molecule has 2 aromatic rings. The highest BCUT2D eigenvalue weighted by Crippen LogP contribution is 2.31. The maximum Gasteiger partial charge on any atom is 0.416 e. The summed E-state index contributed by atoms with van der Waals surface area (Å²) in [5.74, 6) is -1.10. The van der Waals surface area contributed by atoms with Crippen molar-refractivity contribution in [3.8, 4) is 5.88 Å². The van der Waals surface area contributed by atoms with Crippen LogP contribution < -0.4 is 4.74 Å². The minimum atomic E-state index is -4.49. The van der Waals surface area contributed by atoms with Crippen LogP contribution in [0.2, 0.25) is 5.02 Å². The molecule has 0 N–H and O–H groups in total. The molecule has 138 valence electrons. The number of rotatable bonds is 3. The van der Waals surface area contributed by atoms with Gasteiger partial charge in [-0.05, 0) is 24.3 Å². The molecule has 1 aromatic heterocycles. The Morgan fingerprint density at radius 3 is 2.73 bits per heavy atom. The van der Waals surface area contributed by atoms with E-state index in [9.17, 15) is 22.4 Å². The fourth-order valence-corrected chi connectivity index (χ4v) is 2.91. The van der Waals surface area contributed by atoms with Crippen LogP contribution in [0.4, 0.5) is 17.6 Å².